The SMILES string of the molecule is CC1(C)CCCCC1(O)c1ccc2c(c1)OCCO2. The largest absolute Gasteiger partial charge is 0.486 e. The molecule has 2 aliphatic rings. The van der Waals surface area contributed by atoms with Gasteiger partial charge in [0.05, 0.1) is 5.60 Å². The maximum absolute atomic E-state index is 11.2. The molecular formula is C16H22O3. The zero-order valence-corrected chi connectivity index (χ0v) is 11.7. The molecule has 0 amide bonds. The number of benzene rings is 1. The van der Waals surface area contributed by atoms with Crippen molar-refractivity contribution in [3.63, 3.8) is 0 Å². The molecule has 1 heterocycles. The minimum absolute atomic E-state index is 0.102. The predicted molar refractivity (Wildman–Crippen MR) is 73.6 cm³/mol. The van der Waals surface area contributed by atoms with Gasteiger partial charge in [0.1, 0.15) is 13.2 Å². The van der Waals surface area contributed by atoms with Crippen LogP contribution in [0.1, 0.15) is 45.1 Å². The number of rotatable bonds is 1. The summed E-state index contributed by atoms with van der Waals surface area (Å²) < 4.78 is 11.2. The number of hydrogen-bond donors (Lipinski definition) is 1. The van der Waals surface area contributed by atoms with Crippen molar-refractivity contribution in [2.75, 3.05) is 13.2 Å². The Hall–Kier alpha value is -1.22. The summed E-state index contributed by atoms with van der Waals surface area (Å²) in [5, 5.41) is 11.2. The first-order chi connectivity index (χ1) is 9.03. The molecule has 3 rings (SSSR count). The molecule has 0 spiro atoms. The van der Waals surface area contributed by atoms with Crippen molar-refractivity contribution in [3.8, 4) is 11.5 Å². The van der Waals surface area contributed by atoms with E-state index in [0.717, 1.165) is 36.3 Å². The van der Waals surface area contributed by atoms with Crippen molar-refractivity contribution in [3.05, 3.63) is 23.8 Å². The molecule has 1 aliphatic carbocycles. The minimum Gasteiger partial charge on any atom is -0.486 e. The monoisotopic (exact) mass is 262 g/mol. The summed E-state index contributed by atoms with van der Waals surface area (Å²) in [4.78, 5) is 0. The van der Waals surface area contributed by atoms with Gasteiger partial charge in [-0.1, -0.05) is 32.8 Å². The summed E-state index contributed by atoms with van der Waals surface area (Å²) in [6, 6.07) is 5.87. The zero-order chi connectivity index (χ0) is 13.5. The van der Waals surface area contributed by atoms with Gasteiger partial charge in [-0.3, -0.25) is 0 Å². The number of fused-ring (bicyclic) bond motifs is 1. The van der Waals surface area contributed by atoms with Gasteiger partial charge in [-0.05, 0) is 36.0 Å². The molecule has 1 saturated carbocycles. The second-order valence-electron chi connectivity index (χ2n) is 6.31. The molecule has 1 aliphatic heterocycles. The highest BCUT2D eigenvalue weighted by Crippen LogP contribution is 2.51. The van der Waals surface area contributed by atoms with Crippen molar-refractivity contribution < 1.29 is 14.6 Å². The maximum Gasteiger partial charge on any atom is 0.161 e. The van der Waals surface area contributed by atoms with E-state index in [2.05, 4.69) is 13.8 Å². The van der Waals surface area contributed by atoms with Crippen molar-refractivity contribution in [2.24, 2.45) is 5.41 Å². The normalized spacial score (nSPS) is 29.0. The lowest BCUT2D eigenvalue weighted by molar-refractivity contribution is -0.104. The van der Waals surface area contributed by atoms with Gasteiger partial charge in [0.15, 0.2) is 11.5 Å². The van der Waals surface area contributed by atoms with E-state index in [4.69, 9.17) is 9.47 Å². The van der Waals surface area contributed by atoms with Gasteiger partial charge in [-0.25, -0.2) is 0 Å². The average molecular weight is 262 g/mol. The molecule has 0 saturated heterocycles. The van der Waals surface area contributed by atoms with E-state index < -0.39 is 5.60 Å². The molecule has 1 unspecified atom stereocenters. The predicted octanol–water partition coefficient (Wildman–Crippen LogP) is 3.25. The molecule has 19 heavy (non-hydrogen) atoms. The Kier molecular flexibility index (Phi) is 2.97. The molecule has 104 valence electrons. The fourth-order valence-corrected chi connectivity index (χ4v) is 3.33. The highest BCUT2D eigenvalue weighted by molar-refractivity contribution is 5.46. The summed E-state index contributed by atoms with van der Waals surface area (Å²) in [5.74, 6) is 1.55. The van der Waals surface area contributed by atoms with Gasteiger partial charge in [0.25, 0.3) is 0 Å². The Labute approximate surface area is 114 Å². The summed E-state index contributed by atoms with van der Waals surface area (Å²) >= 11 is 0. The van der Waals surface area contributed by atoms with Crippen LogP contribution in [0.5, 0.6) is 11.5 Å². The van der Waals surface area contributed by atoms with E-state index in [0.29, 0.717) is 13.2 Å². The first-order valence-electron chi connectivity index (χ1n) is 7.15. The van der Waals surface area contributed by atoms with Crippen LogP contribution in [0.2, 0.25) is 0 Å². The maximum atomic E-state index is 11.2. The van der Waals surface area contributed by atoms with Gasteiger partial charge < -0.3 is 14.6 Å². The second kappa shape index (κ2) is 4.41. The minimum atomic E-state index is -0.763. The Morgan fingerprint density at radius 2 is 1.68 bits per heavy atom. The van der Waals surface area contributed by atoms with Gasteiger partial charge >= 0.3 is 0 Å². The second-order valence-corrected chi connectivity index (χ2v) is 6.31. The Bertz CT molecular complexity index is 481. The van der Waals surface area contributed by atoms with Crippen molar-refractivity contribution in [1.82, 2.24) is 0 Å². The number of ether oxygens (including phenoxy) is 2. The molecule has 1 aromatic rings. The molecule has 1 atom stereocenters. The third-order valence-corrected chi connectivity index (χ3v) is 4.73. The van der Waals surface area contributed by atoms with Crippen LogP contribution in [-0.4, -0.2) is 18.3 Å². The Balaban J connectivity index is 2.00. The lowest BCUT2D eigenvalue weighted by Crippen LogP contribution is -2.44. The smallest absolute Gasteiger partial charge is 0.161 e. The average Bonchev–Trinajstić information content (AvgIpc) is 2.41. The molecule has 0 radical (unpaired) electrons. The Morgan fingerprint density at radius 1 is 1.00 bits per heavy atom. The highest BCUT2D eigenvalue weighted by Gasteiger charge is 2.46. The molecular weight excluding hydrogens is 240 g/mol. The van der Waals surface area contributed by atoms with Crippen LogP contribution in [0, 0.1) is 5.41 Å². The van der Waals surface area contributed by atoms with Crippen LogP contribution in [0.3, 0.4) is 0 Å². The Morgan fingerprint density at radius 3 is 2.42 bits per heavy atom. The molecule has 3 nitrogen and oxygen atoms in total. The van der Waals surface area contributed by atoms with E-state index in [1.807, 2.05) is 18.2 Å². The molecule has 0 aromatic heterocycles. The van der Waals surface area contributed by atoms with Gasteiger partial charge in [0, 0.05) is 0 Å². The standard InChI is InChI=1S/C16H22O3/c1-15(2)7-3-4-8-16(15,17)12-5-6-13-14(11-12)19-10-9-18-13/h5-6,11,17H,3-4,7-10H2,1-2H3. The fraction of sp³-hybridized carbons (Fsp3) is 0.625. The van der Waals surface area contributed by atoms with Gasteiger partial charge in [0.2, 0.25) is 0 Å². The van der Waals surface area contributed by atoms with Gasteiger partial charge in [-0.15, -0.1) is 0 Å². The topological polar surface area (TPSA) is 38.7 Å². The van der Waals surface area contributed by atoms with E-state index >= 15 is 0 Å². The molecule has 0 bridgehead atoms. The third-order valence-electron chi connectivity index (χ3n) is 4.73. The number of hydrogen-bond acceptors (Lipinski definition) is 3. The molecule has 1 fully saturated rings. The first kappa shape index (κ1) is 12.8. The van der Waals surface area contributed by atoms with Crippen molar-refractivity contribution in [1.29, 1.82) is 0 Å². The fourth-order valence-electron chi connectivity index (χ4n) is 3.33. The van der Waals surface area contributed by atoms with Crippen molar-refractivity contribution >= 4 is 0 Å². The third kappa shape index (κ3) is 2.00. The first-order valence-corrected chi connectivity index (χ1v) is 7.15. The number of aliphatic hydroxyl groups is 1. The molecule has 1 aromatic carbocycles. The van der Waals surface area contributed by atoms with Gasteiger partial charge in [-0.2, -0.15) is 0 Å². The van der Waals surface area contributed by atoms with E-state index in [9.17, 15) is 5.11 Å². The van der Waals surface area contributed by atoms with Crippen LogP contribution in [0.15, 0.2) is 18.2 Å². The van der Waals surface area contributed by atoms with Crippen LogP contribution in [0.4, 0.5) is 0 Å². The summed E-state index contributed by atoms with van der Waals surface area (Å²) in [6.45, 7) is 5.49. The summed E-state index contributed by atoms with van der Waals surface area (Å²) in [5.41, 5.74) is 0.0947. The highest BCUT2D eigenvalue weighted by atomic mass is 16.6. The molecule has 3 heteroatoms. The van der Waals surface area contributed by atoms with E-state index in [1.165, 1.54) is 6.42 Å². The summed E-state index contributed by atoms with van der Waals surface area (Å²) in [6.07, 6.45) is 4.14. The van der Waals surface area contributed by atoms with Crippen LogP contribution in [-0.2, 0) is 5.60 Å². The van der Waals surface area contributed by atoms with E-state index in [-0.39, 0.29) is 5.41 Å². The lowest BCUT2D eigenvalue weighted by atomic mass is 9.62. The molecule has 1 N–H and O–H groups in total. The zero-order valence-electron chi connectivity index (χ0n) is 11.7. The van der Waals surface area contributed by atoms with Crippen LogP contribution >= 0.6 is 0 Å². The van der Waals surface area contributed by atoms with Crippen LogP contribution in [0.25, 0.3) is 0 Å². The summed E-state index contributed by atoms with van der Waals surface area (Å²) in [7, 11) is 0. The van der Waals surface area contributed by atoms with Crippen LogP contribution < -0.4 is 9.47 Å². The van der Waals surface area contributed by atoms with Crippen molar-refractivity contribution in [2.45, 2.75) is 45.1 Å². The quantitative estimate of drug-likeness (QED) is 0.844. The van der Waals surface area contributed by atoms with E-state index in [1.54, 1.807) is 0 Å². The lowest BCUT2D eigenvalue weighted by Gasteiger charge is -2.47.